The van der Waals surface area contributed by atoms with E-state index in [1.54, 1.807) is 20.1 Å². The summed E-state index contributed by atoms with van der Waals surface area (Å²) in [6, 6.07) is 17.8. The van der Waals surface area contributed by atoms with Gasteiger partial charge in [-0.15, -0.1) is 0 Å². The van der Waals surface area contributed by atoms with Gasteiger partial charge in [0, 0.05) is 48.5 Å². The zero-order chi connectivity index (χ0) is 42.2. The van der Waals surface area contributed by atoms with E-state index in [1.165, 1.54) is 5.56 Å². The molecule has 2 aliphatic heterocycles. The smallest absolute Gasteiger partial charge is 0.161 e. The van der Waals surface area contributed by atoms with E-state index in [4.69, 9.17) is 14.2 Å². The lowest BCUT2D eigenvalue weighted by Crippen LogP contribution is -2.24. The van der Waals surface area contributed by atoms with Gasteiger partial charge in [0.25, 0.3) is 0 Å². The van der Waals surface area contributed by atoms with Crippen molar-refractivity contribution in [2.45, 2.75) is 103 Å². The summed E-state index contributed by atoms with van der Waals surface area (Å²) in [5.74, 6) is 4.80. The molecule has 4 aromatic rings. The highest BCUT2D eigenvalue weighted by atomic mass is 16.5. The molecule has 9 heteroatoms. The minimum atomic E-state index is -0.527. The molecule has 4 aliphatic rings. The molecule has 0 spiro atoms. The van der Waals surface area contributed by atoms with Crippen LogP contribution in [0.4, 0.5) is 5.69 Å². The molecule has 9 nitrogen and oxygen atoms in total. The Hall–Kier alpha value is -5.69. The summed E-state index contributed by atoms with van der Waals surface area (Å²) in [5, 5.41) is 47.5. The zero-order valence-corrected chi connectivity index (χ0v) is 34.9. The number of allylic oxidation sites excluding steroid dienone is 4. The van der Waals surface area contributed by atoms with Gasteiger partial charge >= 0.3 is 0 Å². The molecule has 5 N–H and O–H groups in total. The van der Waals surface area contributed by atoms with Crippen molar-refractivity contribution < 1.29 is 39.4 Å². The maximum absolute atomic E-state index is 13.7. The van der Waals surface area contributed by atoms with Crippen LogP contribution >= 0.6 is 0 Å². The lowest BCUT2D eigenvalue weighted by Gasteiger charge is -2.28. The Bertz CT molecular complexity index is 2350. The van der Waals surface area contributed by atoms with Crippen LogP contribution in [0.1, 0.15) is 97.2 Å². The van der Waals surface area contributed by atoms with Crippen LogP contribution in [0.5, 0.6) is 17.2 Å². The number of carbonyl (C=O) groups is 1. The molecule has 4 aromatic carbocycles. The van der Waals surface area contributed by atoms with Gasteiger partial charge in [0.2, 0.25) is 0 Å². The number of phenolic OH excluding ortho intramolecular Hbond substituents is 1. The number of rotatable bonds is 12. The first-order chi connectivity index (χ1) is 29.1. The molecule has 0 saturated heterocycles. The maximum Gasteiger partial charge on any atom is 0.161 e. The number of ether oxygens (including phenoxy) is 3. The van der Waals surface area contributed by atoms with Gasteiger partial charge in [-0.05, 0) is 138 Å². The number of phenols is 1. The van der Waals surface area contributed by atoms with Gasteiger partial charge in [-0.25, -0.2) is 0 Å². The second-order valence-electron chi connectivity index (χ2n) is 16.5. The fraction of sp³-hybridized carbons (Fsp3) is 0.392. The fourth-order valence-corrected chi connectivity index (χ4v) is 8.81. The summed E-state index contributed by atoms with van der Waals surface area (Å²) < 4.78 is 18.4. The average Bonchev–Trinajstić information content (AvgIpc) is 3.24. The first-order valence-electron chi connectivity index (χ1n) is 21.3. The van der Waals surface area contributed by atoms with E-state index in [2.05, 4.69) is 54.6 Å². The standard InChI is InChI=1S/C51H57NO8/c1-32-13-19-44-47-31-60-50-23-35(15-20-49(50)58-3)14-17-41(56)27-42(59-21-7-12-43-46(26-38(47)30-53)51(44)45(32)28-48(43)57)25-37-24-40(55)18-16-36(37)10-5-4-8-34-9-6-11-39(22-34)52-29-33(2)54/h6,9,11,13,15-16,18-20,22-24,26,28,32-33,36-37,42,52-55,57H,4-5,8,10,12,14,17,25,27,29-31H2,1-3H3/t32-,33-,36-,37+,42-/m0/s1. The largest absolute Gasteiger partial charge is 0.508 e. The molecule has 0 aromatic heterocycles. The number of anilines is 1. The number of unbranched alkanes of at least 4 members (excludes halogenated alkanes) is 1. The van der Waals surface area contributed by atoms with Crippen molar-refractivity contribution >= 4 is 28.3 Å². The number of aliphatic hydroxyl groups excluding tert-OH is 3. The van der Waals surface area contributed by atoms with Crippen molar-refractivity contribution in [3.8, 4) is 29.3 Å². The second kappa shape index (κ2) is 19.6. The molecular weight excluding hydrogens is 755 g/mol. The van der Waals surface area contributed by atoms with Crippen molar-refractivity contribution in [1.29, 1.82) is 0 Å². The highest BCUT2D eigenvalue weighted by Gasteiger charge is 2.28. The van der Waals surface area contributed by atoms with Gasteiger partial charge < -0.3 is 40.0 Å². The molecule has 5 atom stereocenters. The van der Waals surface area contributed by atoms with E-state index >= 15 is 0 Å². The monoisotopic (exact) mass is 811 g/mol. The molecule has 60 heavy (non-hydrogen) atoms. The number of carbonyl (C=O) groups excluding carboxylic acids is 1. The number of aliphatic hydroxyl groups is 3. The van der Waals surface area contributed by atoms with Crippen molar-refractivity contribution in [3.05, 3.63) is 124 Å². The van der Waals surface area contributed by atoms with Crippen LogP contribution in [0.25, 0.3) is 16.8 Å². The predicted molar refractivity (Wildman–Crippen MR) is 236 cm³/mol. The quantitative estimate of drug-likeness (QED) is 0.0700. The molecule has 0 saturated carbocycles. The van der Waals surface area contributed by atoms with Crippen molar-refractivity contribution in [3.63, 3.8) is 0 Å². The van der Waals surface area contributed by atoms with E-state index in [0.717, 1.165) is 64.4 Å². The number of methoxy groups -OCH3 is 1. The number of benzene rings is 4. The van der Waals surface area contributed by atoms with E-state index in [-0.39, 0.29) is 61.1 Å². The SMILES string of the molecule is COc1ccc2cc1OCc1c(CO)cc3c(c(O)cc4c3c1C=C[C@@H]4C)CC#CO[C@@H](C[C@H]1C=C(O)C=C[C@@H]1CCCCc1cccc(NC[C@H](C)O)c1)CC(=O)CC2. The molecule has 6 bridgehead atoms. The summed E-state index contributed by atoms with van der Waals surface area (Å²) >= 11 is 0. The van der Waals surface area contributed by atoms with Crippen LogP contribution in [-0.2, 0) is 42.0 Å². The van der Waals surface area contributed by atoms with Gasteiger partial charge in [-0.2, -0.15) is 0 Å². The molecule has 0 unspecified atom stereocenters. The minimum Gasteiger partial charge on any atom is -0.508 e. The fourth-order valence-electron chi connectivity index (χ4n) is 8.81. The molecule has 2 aliphatic carbocycles. The Balaban J connectivity index is 1.14. The van der Waals surface area contributed by atoms with Crippen LogP contribution in [0.3, 0.4) is 0 Å². The van der Waals surface area contributed by atoms with Crippen LogP contribution in [0.15, 0.2) is 84.7 Å². The molecule has 8 rings (SSSR count). The van der Waals surface area contributed by atoms with Crippen LogP contribution in [-0.4, -0.2) is 52.1 Å². The van der Waals surface area contributed by atoms with Crippen molar-refractivity contribution in [1.82, 2.24) is 0 Å². The highest BCUT2D eigenvalue weighted by Crippen LogP contribution is 2.43. The zero-order valence-electron chi connectivity index (χ0n) is 34.9. The molecule has 0 fully saturated rings. The first kappa shape index (κ1) is 42.4. The van der Waals surface area contributed by atoms with Gasteiger partial charge in [0.1, 0.15) is 36.1 Å². The number of hydrogen-bond donors (Lipinski definition) is 5. The van der Waals surface area contributed by atoms with Crippen molar-refractivity contribution in [2.24, 2.45) is 11.8 Å². The Morgan fingerprint density at radius 3 is 2.68 bits per heavy atom. The van der Waals surface area contributed by atoms with E-state index < -0.39 is 12.2 Å². The number of hydrogen-bond acceptors (Lipinski definition) is 9. The Morgan fingerprint density at radius 2 is 1.87 bits per heavy atom. The average molecular weight is 812 g/mol. The number of aromatic hydroxyl groups is 1. The molecule has 0 radical (unpaired) electrons. The number of Topliss-reactive ketones (excluding diaryl/α,β-unsaturated/α-hetero) is 1. The predicted octanol–water partition coefficient (Wildman–Crippen LogP) is 9.39. The summed E-state index contributed by atoms with van der Waals surface area (Å²) in [6.45, 7) is 4.32. The normalized spacial score (nSPS) is 20.6. The van der Waals surface area contributed by atoms with Gasteiger partial charge in [-0.3, -0.25) is 4.79 Å². The number of aryl methyl sites for hydroxylation is 2. The Morgan fingerprint density at radius 1 is 1.00 bits per heavy atom. The Labute approximate surface area is 353 Å². The van der Waals surface area contributed by atoms with E-state index in [0.29, 0.717) is 48.4 Å². The van der Waals surface area contributed by atoms with Gasteiger partial charge in [0.05, 0.1) is 19.8 Å². The summed E-state index contributed by atoms with van der Waals surface area (Å²) in [5.41, 5.74) is 7.29. The second-order valence-corrected chi connectivity index (χ2v) is 16.5. The number of ketones is 1. The highest BCUT2D eigenvalue weighted by molar-refractivity contribution is 6.00. The first-order valence-corrected chi connectivity index (χ1v) is 21.3. The van der Waals surface area contributed by atoms with Gasteiger partial charge in [0.15, 0.2) is 11.5 Å². The summed E-state index contributed by atoms with van der Waals surface area (Å²) in [7, 11) is 1.60. The van der Waals surface area contributed by atoms with Crippen LogP contribution < -0.4 is 14.8 Å². The van der Waals surface area contributed by atoms with Crippen LogP contribution in [0.2, 0.25) is 0 Å². The molecule has 314 valence electrons. The third kappa shape index (κ3) is 10.2. The third-order valence-electron chi connectivity index (χ3n) is 12.1. The van der Waals surface area contributed by atoms with Gasteiger partial charge in [-0.1, -0.05) is 55.7 Å². The van der Waals surface area contributed by atoms with Crippen LogP contribution in [0, 0.1) is 23.9 Å². The third-order valence-corrected chi connectivity index (χ3v) is 12.1. The lowest BCUT2D eigenvalue weighted by atomic mass is 9.80. The maximum atomic E-state index is 13.7. The minimum absolute atomic E-state index is 0.0447. The summed E-state index contributed by atoms with van der Waals surface area (Å²) in [6.07, 6.45) is 17.3. The lowest BCUT2D eigenvalue weighted by molar-refractivity contribution is -0.121. The number of nitrogens with one attached hydrogen (secondary N) is 1. The number of fused-ring (bicyclic) bond motifs is 9. The summed E-state index contributed by atoms with van der Waals surface area (Å²) in [4.78, 5) is 13.7. The Kier molecular flexibility index (Phi) is 13.8. The topological polar surface area (TPSA) is 138 Å². The molecule has 0 amide bonds. The van der Waals surface area contributed by atoms with E-state index in [1.807, 2.05) is 48.5 Å². The van der Waals surface area contributed by atoms with E-state index in [9.17, 15) is 25.2 Å². The van der Waals surface area contributed by atoms with Crippen molar-refractivity contribution in [2.75, 3.05) is 19.0 Å². The molecular formula is C51H57NO8. The molecule has 2 heterocycles.